The van der Waals surface area contributed by atoms with Gasteiger partial charge in [0.2, 0.25) is 5.91 Å². The highest BCUT2D eigenvalue weighted by Gasteiger charge is 2.47. The van der Waals surface area contributed by atoms with E-state index >= 15 is 0 Å². The maximum atomic E-state index is 13.4. The molecule has 0 radical (unpaired) electrons. The zero-order chi connectivity index (χ0) is 19.3. The molecule has 1 aliphatic rings. The molecule has 0 fully saturated rings. The van der Waals surface area contributed by atoms with E-state index in [-0.39, 0.29) is 18.6 Å². The van der Waals surface area contributed by atoms with Gasteiger partial charge in [-0.05, 0) is 36.6 Å². The number of fused-ring (bicyclic) bond motifs is 1. The number of likely N-dealkylation sites (N-methyl/N-ethyl adjacent to an activating group) is 1. The van der Waals surface area contributed by atoms with Crippen molar-refractivity contribution in [3.63, 3.8) is 0 Å². The number of aliphatic hydroxyl groups is 1. The van der Waals surface area contributed by atoms with Crippen molar-refractivity contribution in [3.8, 4) is 0 Å². The fourth-order valence-corrected chi connectivity index (χ4v) is 3.95. The molecule has 0 spiro atoms. The van der Waals surface area contributed by atoms with E-state index in [2.05, 4.69) is 46.6 Å². The molecule has 0 heterocycles. The molecule has 0 saturated heterocycles. The quantitative estimate of drug-likeness (QED) is 0.755. The molecule has 1 amide bonds. The molecule has 0 bridgehead atoms. The molecular formula is C23H30N2O2. The normalized spacial score (nSPS) is 16.1. The molecule has 3 rings (SSSR count). The molecule has 0 saturated carbocycles. The lowest BCUT2D eigenvalue weighted by Crippen LogP contribution is -2.60. The third kappa shape index (κ3) is 4.23. The molecule has 4 nitrogen and oxygen atoms in total. The van der Waals surface area contributed by atoms with Crippen LogP contribution in [-0.4, -0.2) is 47.7 Å². The SMILES string of the molecule is CC[C@@H](CO)NC(=O)C1(N(C)CCc2ccccc2)Cc2ccccc2C1. The molecule has 2 aromatic carbocycles. The molecular weight excluding hydrogens is 336 g/mol. The Bertz CT molecular complexity index is 731. The molecule has 0 aliphatic heterocycles. The fourth-order valence-electron chi connectivity index (χ4n) is 3.95. The first-order chi connectivity index (χ1) is 13.1. The zero-order valence-corrected chi connectivity index (χ0v) is 16.3. The van der Waals surface area contributed by atoms with Crippen molar-refractivity contribution in [1.82, 2.24) is 10.2 Å². The second-order valence-corrected chi connectivity index (χ2v) is 7.57. The number of nitrogens with one attached hydrogen (secondary N) is 1. The van der Waals surface area contributed by atoms with Crippen molar-refractivity contribution in [3.05, 3.63) is 71.3 Å². The number of hydrogen-bond acceptors (Lipinski definition) is 3. The molecule has 0 unspecified atom stereocenters. The first-order valence-electron chi connectivity index (χ1n) is 9.83. The number of aliphatic hydroxyl groups excluding tert-OH is 1. The van der Waals surface area contributed by atoms with E-state index in [9.17, 15) is 9.90 Å². The van der Waals surface area contributed by atoms with Gasteiger partial charge < -0.3 is 10.4 Å². The summed E-state index contributed by atoms with van der Waals surface area (Å²) in [7, 11) is 2.05. The summed E-state index contributed by atoms with van der Waals surface area (Å²) in [6, 6.07) is 18.5. The van der Waals surface area contributed by atoms with Crippen LogP contribution >= 0.6 is 0 Å². The van der Waals surface area contributed by atoms with E-state index in [1.54, 1.807) is 0 Å². The highest BCUT2D eigenvalue weighted by atomic mass is 16.3. The third-order valence-electron chi connectivity index (χ3n) is 5.86. The monoisotopic (exact) mass is 366 g/mol. The molecule has 1 atom stereocenters. The van der Waals surface area contributed by atoms with Crippen molar-refractivity contribution < 1.29 is 9.90 Å². The van der Waals surface area contributed by atoms with Gasteiger partial charge in [-0.25, -0.2) is 0 Å². The van der Waals surface area contributed by atoms with Crippen molar-refractivity contribution in [2.24, 2.45) is 0 Å². The van der Waals surface area contributed by atoms with Crippen molar-refractivity contribution in [1.29, 1.82) is 0 Å². The highest BCUT2D eigenvalue weighted by molar-refractivity contribution is 5.88. The van der Waals surface area contributed by atoms with Gasteiger partial charge in [0.05, 0.1) is 12.6 Å². The Morgan fingerprint density at radius 3 is 2.26 bits per heavy atom. The highest BCUT2D eigenvalue weighted by Crippen LogP contribution is 2.34. The molecule has 2 N–H and O–H groups in total. The number of carbonyl (C=O) groups is 1. The summed E-state index contributed by atoms with van der Waals surface area (Å²) in [5, 5.41) is 12.6. The van der Waals surface area contributed by atoms with E-state index in [1.807, 2.05) is 32.2 Å². The van der Waals surface area contributed by atoms with Crippen LogP contribution in [0.1, 0.15) is 30.0 Å². The topological polar surface area (TPSA) is 52.6 Å². The maximum absolute atomic E-state index is 13.4. The van der Waals surface area contributed by atoms with Gasteiger partial charge in [0.15, 0.2) is 0 Å². The Morgan fingerprint density at radius 2 is 1.70 bits per heavy atom. The molecule has 0 aromatic heterocycles. The predicted octanol–water partition coefficient (Wildman–Crippen LogP) is 2.59. The summed E-state index contributed by atoms with van der Waals surface area (Å²) in [5.41, 5.74) is 3.17. The van der Waals surface area contributed by atoms with Gasteiger partial charge >= 0.3 is 0 Å². The Hall–Kier alpha value is -2.17. The van der Waals surface area contributed by atoms with Crippen LogP contribution in [-0.2, 0) is 24.1 Å². The number of hydrogen-bond donors (Lipinski definition) is 2. The van der Waals surface area contributed by atoms with E-state index in [1.165, 1.54) is 16.7 Å². The molecule has 27 heavy (non-hydrogen) atoms. The van der Waals surface area contributed by atoms with Gasteiger partial charge in [0, 0.05) is 19.4 Å². The van der Waals surface area contributed by atoms with Crippen LogP contribution in [0.15, 0.2) is 54.6 Å². The number of nitrogens with zero attached hydrogens (tertiary/aromatic N) is 1. The first kappa shape index (κ1) is 19.6. The molecule has 2 aromatic rings. The Morgan fingerprint density at radius 1 is 1.11 bits per heavy atom. The predicted molar refractivity (Wildman–Crippen MR) is 109 cm³/mol. The summed E-state index contributed by atoms with van der Waals surface area (Å²) in [6.07, 6.45) is 3.04. The standard InChI is InChI=1S/C23H30N2O2/c1-3-21(17-26)24-22(27)23(15-19-11-7-8-12-20(19)16-23)25(2)14-13-18-9-5-4-6-10-18/h4-12,21,26H,3,13-17H2,1-2H3,(H,24,27)/t21-/m0/s1. The van der Waals surface area contributed by atoms with Crippen LogP contribution < -0.4 is 5.32 Å². The summed E-state index contributed by atoms with van der Waals surface area (Å²) < 4.78 is 0. The van der Waals surface area contributed by atoms with Crippen LogP contribution in [0, 0.1) is 0 Å². The van der Waals surface area contributed by atoms with Crippen LogP contribution in [0.25, 0.3) is 0 Å². The van der Waals surface area contributed by atoms with Gasteiger partial charge in [-0.3, -0.25) is 9.69 Å². The number of rotatable bonds is 8. The fraction of sp³-hybridized carbons (Fsp3) is 0.435. The van der Waals surface area contributed by atoms with E-state index in [4.69, 9.17) is 0 Å². The average Bonchev–Trinajstić information content (AvgIpc) is 3.12. The second-order valence-electron chi connectivity index (χ2n) is 7.57. The summed E-state index contributed by atoms with van der Waals surface area (Å²) in [4.78, 5) is 15.6. The van der Waals surface area contributed by atoms with Crippen LogP contribution in [0.5, 0.6) is 0 Å². The number of amides is 1. The van der Waals surface area contributed by atoms with Gasteiger partial charge in [0.1, 0.15) is 5.54 Å². The van der Waals surface area contributed by atoms with Crippen molar-refractivity contribution in [2.75, 3.05) is 20.2 Å². The van der Waals surface area contributed by atoms with Gasteiger partial charge in [0.25, 0.3) is 0 Å². The average molecular weight is 367 g/mol. The van der Waals surface area contributed by atoms with Crippen LogP contribution in [0.3, 0.4) is 0 Å². The molecule has 4 heteroatoms. The molecule has 144 valence electrons. The lowest BCUT2D eigenvalue weighted by atomic mass is 9.91. The summed E-state index contributed by atoms with van der Waals surface area (Å²) in [6.45, 7) is 2.76. The van der Waals surface area contributed by atoms with Crippen molar-refractivity contribution in [2.45, 2.75) is 44.2 Å². The Kier molecular flexibility index (Phi) is 6.30. The van der Waals surface area contributed by atoms with E-state index < -0.39 is 5.54 Å². The molecule has 1 aliphatic carbocycles. The lowest BCUT2D eigenvalue weighted by molar-refractivity contribution is -0.133. The zero-order valence-electron chi connectivity index (χ0n) is 16.3. The summed E-state index contributed by atoms with van der Waals surface area (Å²) in [5.74, 6) is 0.0233. The third-order valence-corrected chi connectivity index (χ3v) is 5.86. The maximum Gasteiger partial charge on any atom is 0.241 e. The Labute approximate surface area is 162 Å². The number of benzene rings is 2. The summed E-state index contributed by atoms with van der Waals surface area (Å²) >= 11 is 0. The van der Waals surface area contributed by atoms with Gasteiger partial charge in [-0.2, -0.15) is 0 Å². The minimum absolute atomic E-state index is 0.0233. The van der Waals surface area contributed by atoms with E-state index in [0.717, 1.165) is 19.4 Å². The van der Waals surface area contributed by atoms with Gasteiger partial charge in [-0.15, -0.1) is 0 Å². The van der Waals surface area contributed by atoms with Crippen LogP contribution in [0.4, 0.5) is 0 Å². The first-order valence-corrected chi connectivity index (χ1v) is 9.83. The minimum atomic E-state index is -0.596. The minimum Gasteiger partial charge on any atom is -0.394 e. The van der Waals surface area contributed by atoms with Crippen molar-refractivity contribution >= 4 is 5.91 Å². The van der Waals surface area contributed by atoms with E-state index in [0.29, 0.717) is 12.8 Å². The van der Waals surface area contributed by atoms with Crippen LogP contribution in [0.2, 0.25) is 0 Å². The Balaban J connectivity index is 1.81. The second kappa shape index (κ2) is 8.68. The smallest absolute Gasteiger partial charge is 0.241 e. The number of carbonyl (C=O) groups excluding carboxylic acids is 1. The lowest BCUT2D eigenvalue weighted by Gasteiger charge is -2.38. The largest absolute Gasteiger partial charge is 0.394 e. The van der Waals surface area contributed by atoms with Gasteiger partial charge in [-0.1, -0.05) is 61.5 Å².